The van der Waals surface area contributed by atoms with Gasteiger partial charge in [-0.05, 0) is 32.1 Å². The van der Waals surface area contributed by atoms with Crippen LogP contribution in [0.4, 0.5) is 0 Å². The maximum Gasteiger partial charge on any atom is 0.305 e. The standard InChI is InChI=1S/C65H125NO10/c1-3-5-7-9-11-13-14-15-16-17-20-24-27-30-33-37-41-45-49-53-61(70)74-54-50-46-42-38-34-31-28-25-22-19-18-21-23-26-29-32-36-40-44-48-52-60(69)66-57(58(68)51-47-43-39-35-12-10-8-6-4-2)56-75-65-64(73)63(72)62(71)59(55-67)76-65/h47,51,57-59,62-65,67-68,71-73H,3-46,48-50,52-56H2,1-2H3,(H,66,69)/b51-47+. The highest BCUT2D eigenvalue weighted by molar-refractivity contribution is 5.76. The maximum atomic E-state index is 13.0. The van der Waals surface area contributed by atoms with Gasteiger partial charge in [0.05, 0.1) is 32.0 Å². The van der Waals surface area contributed by atoms with Crippen LogP contribution in [0.3, 0.4) is 0 Å². The van der Waals surface area contributed by atoms with Gasteiger partial charge in [0.1, 0.15) is 24.4 Å². The van der Waals surface area contributed by atoms with Crippen molar-refractivity contribution < 1.29 is 49.3 Å². The predicted molar refractivity (Wildman–Crippen MR) is 315 cm³/mol. The van der Waals surface area contributed by atoms with E-state index in [9.17, 15) is 35.1 Å². The van der Waals surface area contributed by atoms with E-state index in [-0.39, 0.29) is 18.5 Å². The number of aliphatic hydroxyl groups is 5. The molecule has 0 bridgehead atoms. The number of aliphatic hydroxyl groups excluding tert-OH is 5. The first-order valence-electron chi connectivity index (χ1n) is 33.0. The summed E-state index contributed by atoms with van der Waals surface area (Å²) < 4.78 is 16.7. The summed E-state index contributed by atoms with van der Waals surface area (Å²) in [5.74, 6) is -0.182. The number of esters is 1. The number of hydrogen-bond acceptors (Lipinski definition) is 10. The first-order chi connectivity index (χ1) is 37.2. The monoisotopic (exact) mass is 1080 g/mol. The molecule has 0 aromatic rings. The molecule has 1 aliphatic heterocycles. The second-order valence-electron chi connectivity index (χ2n) is 23.2. The molecule has 11 nitrogen and oxygen atoms in total. The van der Waals surface area contributed by atoms with Crippen molar-refractivity contribution in [2.24, 2.45) is 0 Å². The average molecular weight is 1080 g/mol. The molecule has 7 unspecified atom stereocenters. The van der Waals surface area contributed by atoms with Gasteiger partial charge in [-0.2, -0.15) is 0 Å². The zero-order valence-electron chi connectivity index (χ0n) is 49.7. The Morgan fingerprint density at radius 2 is 0.829 bits per heavy atom. The Balaban J connectivity index is 1.95. The summed E-state index contributed by atoms with van der Waals surface area (Å²) in [6.07, 6.45) is 56.2. The van der Waals surface area contributed by atoms with Gasteiger partial charge in [-0.3, -0.25) is 9.59 Å². The van der Waals surface area contributed by atoms with Gasteiger partial charge in [-0.1, -0.05) is 296 Å². The third-order valence-electron chi connectivity index (χ3n) is 15.9. The Labute approximate surface area is 468 Å². The molecule has 1 rings (SSSR count). The van der Waals surface area contributed by atoms with E-state index in [1.54, 1.807) is 6.08 Å². The number of allylic oxidation sites excluding steroid dienone is 1. The fourth-order valence-corrected chi connectivity index (χ4v) is 10.7. The second-order valence-corrected chi connectivity index (χ2v) is 23.2. The highest BCUT2D eigenvalue weighted by Crippen LogP contribution is 2.23. The van der Waals surface area contributed by atoms with Crippen molar-refractivity contribution in [2.45, 2.75) is 371 Å². The third kappa shape index (κ3) is 44.2. The molecule has 0 radical (unpaired) electrons. The normalized spacial score (nSPS) is 18.6. The summed E-state index contributed by atoms with van der Waals surface area (Å²) in [6, 6.07) is -0.809. The lowest BCUT2D eigenvalue weighted by molar-refractivity contribution is -0.302. The fraction of sp³-hybridized carbons (Fsp3) is 0.938. The molecule has 450 valence electrons. The minimum atomic E-state index is -1.57. The number of carbonyl (C=O) groups is 2. The highest BCUT2D eigenvalue weighted by atomic mass is 16.7. The van der Waals surface area contributed by atoms with Crippen molar-refractivity contribution in [2.75, 3.05) is 19.8 Å². The van der Waals surface area contributed by atoms with Gasteiger partial charge < -0.3 is 45.1 Å². The Morgan fingerprint density at radius 1 is 0.474 bits per heavy atom. The molecule has 0 spiro atoms. The largest absolute Gasteiger partial charge is 0.466 e. The van der Waals surface area contributed by atoms with Crippen LogP contribution in [-0.2, 0) is 23.8 Å². The molecule has 76 heavy (non-hydrogen) atoms. The van der Waals surface area contributed by atoms with E-state index in [4.69, 9.17) is 14.2 Å². The Hall–Kier alpha value is -1.60. The van der Waals surface area contributed by atoms with E-state index >= 15 is 0 Å². The lowest BCUT2D eigenvalue weighted by atomic mass is 9.99. The van der Waals surface area contributed by atoms with Crippen molar-refractivity contribution in [1.82, 2.24) is 5.32 Å². The first-order valence-corrected chi connectivity index (χ1v) is 33.0. The fourth-order valence-electron chi connectivity index (χ4n) is 10.7. The lowest BCUT2D eigenvalue weighted by Gasteiger charge is -2.40. The lowest BCUT2D eigenvalue weighted by Crippen LogP contribution is -2.60. The predicted octanol–water partition coefficient (Wildman–Crippen LogP) is 15.9. The summed E-state index contributed by atoms with van der Waals surface area (Å²) in [5, 5.41) is 54.2. The number of amides is 1. The molecule has 0 aromatic heterocycles. The molecule has 1 heterocycles. The van der Waals surface area contributed by atoms with Crippen LogP contribution in [0.5, 0.6) is 0 Å². The van der Waals surface area contributed by atoms with Crippen molar-refractivity contribution in [3.63, 3.8) is 0 Å². The zero-order valence-corrected chi connectivity index (χ0v) is 49.7. The average Bonchev–Trinajstić information content (AvgIpc) is 3.42. The first kappa shape index (κ1) is 72.4. The SMILES string of the molecule is CCCCCCCCC/C=C/C(O)C(COC1OC(CO)C(O)C(O)C1O)NC(=O)CCCCCCCCCCCCCCCCCCCCCCOC(=O)CCCCCCCCCCCCCCCCCCCCC. The molecule has 6 N–H and O–H groups in total. The van der Waals surface area contributed by atoms with Crippen LogP contribution in [0.2, 0.25) is 0 Å². The summed E-state index contributed by atoms with van der Waals surface area (Å²) in [7, 11) is 0. The van der Waals surface area contributed by atoms with Gasteiger partial charge in [-0.25, -0.2) is 0 Å². The molecule has 1 aliphatic rings. The van der Waals surface area contributed by atoms with Crippen LogP contribution in [0.25, 0.3) is 0 Å². The van der Waals surface area contributed by atoms with Crippen molar-refractivity contribution in [3.8, 4) is 0 Å². The third-order valence-corrected chi connectivity index (χ3v) is 15.9. The highest BCUT2D eigenvalue weighted by Gasteiger charge is 2.44. The van der Waals surface area contributed by atoms with E-state index in [0.29, 0.717) is 19.4 Å². The minimum Gasteiger partial charge on any atom is -0.466 e. The number of carbonyl (C=O) groups excluding carboxylic acids is 2. The van der Waals surface area contributed by atoms with Gasteiger partial charge >= 0.3 is 5.97 Å². The molecule has 0 aliphatic carbocycles. The second kappa shape index (κ2) is 55.3. The van der Waals surface area contributed by atoms with Gasteiger partial charge in [0.25, 0.3) is 0 Å². The van der Waals surface area contributed by atoms with Gasteiger partial charge in [0.2, 0.25) is 5.91 Å². The van der Waals surface area contributed by atoms with Crippen molar-refractivity contribution >= 4 is 11.9 Å². The number of ether oxygens (including phenoxy) is 3. The van der Waals surface area contributed by atoms with Crippen LogP contribution in [-0.4, -0.2) is 100 Å². The summed E-state index contributed by atoms with van der Waals surface area (Å²) in [6.45, 7) is 4.34. The maximum absolute atomic E-state index is 13.0. The van der Waals surface area contributed by atoms with Crippen LogP contribution in [0.1, 0.15) is 328 Å². The molecule has 1 amide bonds. The summed E-state index contributed by atoms with van der Waals surface area (Å²) in [5.41, 5.74) is 0. The van der Waals surface area contributed by atoms with E-state index < -0.39 is 49.5 Å². The van der Waals surface area contributed by atoms with Gasteiger partial charge in [0.15, 0.2) is 6.29 Å². The number of rotatable bonds is 58. The molecule has 1 fully saturated rings. The molecular weight excluding hydrogens is 955 g/mol. The molecular formula is C65H125NO10. The van der Waals surface area contributed by atoms with Crippen LogP contribution in [0.15, 0.2) is 12.2 Å². The molecule has 11 heteroatoms. The number of nitrogens with one attached hydrogen (secondary N) is 1. The van der Waals surface area contributed by atoms with E-state index in [1.165, 1.54) is 244 Å². The van der Waals surface area contributed by atoms with Gasteiger partial charge in [0, 0.05) is 12.8 Å². The van der Waals surface area contributed by atoms with E-state index in [2.05, 4.69) is 19.2 Å². The van der Waals surface area contributed by atoms with Crippen molar-refractivity contribution in [1.29, 1.82) is 0 Å². The van der Waals surface area contributed by atoms with Gasteiger partial charge in [-0.15, -0.1) is 0 Å². The Morgan fingerprint density at radius 3 is 1.22 bits per heavy atom. The Kier molecular flexibility index (Phi) is 52.7. The van der Waals surface area contributed by atoms with Crippen LogP contribution in [0, 0.1) is 0 Å². The van der Waals surface area contributed by atoms with E-state index in [0.717, 1.165) is 57.8 Å². The molecule has 1 saturated heterocycles. The number of unbranched alkanes of at least 4 members (excludes halogenated alkanes) is 44. The molecule has 0 saturated carbocycles. The number of hydrogen-bond donors (Lipinski definition) is 6. The van der Waals surface area contributed by atoms with Crippen molar-refractivity contribution in [3.05, 3.63) is 12.2 Å². The topological polar surface area (TPSA) is 175 Å². The van der Waals surface area contributed by atoms with Crippen LogP contribution >= 0.6 is 0 Å². The minimum absolute atomic E-state index is 0.00207. The quantitative estimate of drug-likeness (QED) is 0.0195. The molecule has 0 aromatic carbocycles. The Bertz CT molecular complexity index is 1270. The van der Waals surface area contributed by atoms with E-state index in [1.807, 2.05) is 6.08 Å². The smallest absolute Gasteiger partial charge is 0.305 e. The molecule has 7 atom stereocenters. The van der Waals surface area contributed by atoms with Crippen LogP contribution < -0.4 is 5.32 Å². The summed E-state index contributed by atoms with van der Waals surface area (Å²) in [4.78, 5) is 25.1. The summed E-state index contributed by atoms with van der Waals surface area (Å²) >= 11 is 0. The zero-order chi connectivity index (χ0) is 55.2.